The Labute approximate surface area is 150 Å². The molecule has 2 aromatic carbocycles. The van der Waals surface area contributed by atoms with Crippen LogP contribution in [0.5, 0.6) is 17.2 Å². The first kappa shape index (κ1) is 16.5. The van der Waals surface area contributed by atoms with Crippen LogP contribution in [0.1, 0.15) is 38.0 Å². The zero-order chi connectivity index (χ0) is 18.4. The Balaban J connectivity index is 2.04. The maximum Gasteiger partial charge on any atom is 0.231 e. The van der Waals surface area contributed by atoms with Crippen LogP contribution in [0.3, 0.4) is 0 Å². The average Bonchev–Trinajstić information content (AvgIpc) is 3.08. The average molecular weight is 352 g/mol. The van der Waals surface area contributed by atoms with Crippen LogP contribution in [-0.4, -0.2) is 11.9 Å². The first-order chi connectivity index (χ1) is 12.5. The number of phenols is 1. The third-order valence-electron chi connectivity index (χ3n) is 4.69. The van der Waals surface area contributed by atoms with Crippen LogP contribution in [0.25, 0.3) is 22.1 Å². The SMILES string of the molecule is CCc1cc2c(=O)c(-c3ccc4c(c3)OCO4)c(C(C)C)oc2cc1O. The van der Waals surface area contributed by atoms with E-state index in [1.54, 1.807) is 12.1 Å². The molecule has 0 unspecified atom stereocenters. The van der Waals surface area contributed by atoms with E-state index in [0.29, 0.717) is 40.2 Å². The van der Waals surface area contributed by atoms with E-state index < -0.39 is 0 Å². The molecule has 0 aliphatic carbocycles. The molecule has 5 heteroatoms. The summed E-state index contributed by atoms with van der Waals surface area (Å²) in [6.45, 7) is 6.06. The topological polar surface area (TPSA) is 68.9 Å². The number of hydrogen-bond donors (Lipinski definition) is 1. The predicted octanol–water partition coefficient (Wildman–Crippen LogP) is 4.58. The van der Waals surface area contributed by atoms with Crippen molar-refractivity contribution in [3.05, 3.63) is 51.9 Å². The molecule has 0 saturated carbocycles. The van der Waals surface area contributed by atoms with Crippen LogP contribution in [0.4, 0.5) is 0 Å². The summed E-state index contributed by atoms with van der Waals surface area (Å²) in [5.41, 5.74) is 2.28. The molecule has 0 atom stereocenters. The van der Waals surface area contributed by atoms with Gasteiger partial charge in [-0.05, 0) is 35.7 Å². The molecule has 0 amide bonds. The van der Waals surface area contributed by atoms with Crippen molar-refractivity contribution in [2.75, 3.05) is 6.79 Å². The zero-order valence-corrected chi connectivity index (χ0v) is 15.0. The second-order valence-electron chi connectivity index (χ2n) is 6.72. The minimum atomic E-state index is -0.108. The van der Waals surface area contributed by atoms with E-state index >= 15 is 0 Å². The highest BCUT2D eigenvalue weighted by Gasteiger charge is 2.22. The fourth-order valence-electron chi connectivity index (χ4n) is 3.31. The van der Waals surface area contributed by atoms with E-state index in [1.165, 1.54) is 6.07 Å². The van der Waals surface area contributed by atoms with Crippen molar-refractivity contribution in [2.45, 2.75) is 33.1 Å². The molecule has 26 heavy (non-hydrogen) atoms. The summed E-state index contributed by atoms with van der Waals surface area (Å²) < 4.78 is 16.9. The van der Waals surface area contributed by atoms with Gasteiger partial charge in [-0.2, -0.15) is 0 Å². The zero-order valence-electron chi connectivity index (χ0n) is 15.0. The van der Waals surface area contributed by atoms with Crippen molar-refractivity contribution < 1.29 is 19.0 Å². The van der Waals surface area contributed by atoms with E-state index in [0.717, 1.165) is 11.1 Å². The first-order valence-corrected chi connectivity index (χ1v) is 8.72. The van der Waals surface area contributed by atoms with Crippen molar-refractivity contribution in [2.24, 2.45) is 0 Å². The van der Waals surface area contributed by atoms with Crippen LogP contribution < -0.4 is 14.9 Å². The first-order valence-electron chi connectivity index (χ1n) is 8.72. The summed E-state index contributed by atoms with van der Waals surface area (Å²) in [4.78, 5) is 13.3. The molecule has 1 aromatic heterocycles. The molecule has 1 N–H and O–H groups in total. The number of aromatic hydroxyl groups is 1. The highest BCUT2D eigenvalue weighted by molar-refractivity contribution is 5.85. The fraction of sp³-hybridized carbons (Fsp3) is 0.286. The standard InChI is InChI=1S/C21H20O5/c1-4-12-7-14-17(9-15(12)22)26-21(11(2)3)19(20(14)23)13-5-6-16-18(8-13)25-10-24-16/h5-9,11,22H,4,10H2,1-3H3. The minimum absolute atomic E-state index is 0.000479. The Morgan fingerprint density at radius 2 is 1.88 bits per heavy atom. The quantitative estimate of drug-likeness (QED) is 0.747. The van der Waals surface area contributed by atoms with Gasteiger partial charge in [-0.15, -0.1) is 0 Å². The maximum absolute atomic E-state index is 13.3. The van der Waals surface area contributed by atoms with Gasteiger partial charge in [-0.1, -0.05) is 26.8 Å². The number of ether oxygens (including phenoxy) is 2. The Hall–Kier alpha value is -2.95. The van der Waals surface area contributed by atoms with Gasteiger partial charge >= 0.3 is 0 Å². The smallest absolute Gasteiger partial charge is 0.231 e. The van der Waals surface area contributed by atoms with Crippen molar-refractivity contribution in [3.8, 4) is 28.4 Å². The molecule has 1 aliphatic rings. The molecule has 0 bridgehead atoms. The van der Waals surface area contributed by atoms with E-state index in [2.05, 4.69) is 0 Å². The largest absolute Gasteiger partial charge is 0.508 e. The molecule has 4 rings (SSSR count). The number of rotatable bonds is 3. The van der Waals surface area contributed by atoms with Gasteiger partial charge in [0.2, 0.25) is 12.2 Å². The van der Waals surface area contributed by atoms with Gasteiger partial charge in [-0.25, -0.2) is 0 Å². The van der Waals surface area contributed by atoms with E-state index in [1.807, 2.05) is 32.9 Å². The summed E-state index contributed by atoms with van der Waals surface area (Å²) in [5, 5.41) is 10.6. The number of phenolic OH excluding ortho intramolecular Hbond substituents is 1. The molecule has 5 nitrogen and oxygen atoms in total. The third kappa shape index (κ3) is 2.51. The second kappa shape index (κ2) is 6.09. The van der Waals surface area contributed by atoms with Crippen LogP contribution in [0, 0.1) is 0 Å². The molecule has 0 fully saturated rings. The molecule has 134 valence electrons. The fourth-order valence-corrected chi connectivity index (χ4v) is 3.31. The highest BCUT2D eigenvalue weighted by atomic mass is 16.7. The Kier molecular flexibility index (Phi) is 3.87. The Morgan fingerprint density at radius 3 is 2.62 bits per heavy atom. The number of benzene rings is 2. The molecule has 0 spiro atoms. The van der Waals surface area contributed by atoms with Gasteiger partial charge < -0.3 is 19.0 Å². The van der Waals surface area contributed by atoms with Crippen LogP contribution >= 0.6 is 0 Å². The molecule has 3 aromatic rings. The molecule has 0 saturated heterocycles. The Bertz CT molecular complexity index is 1060. The van der Waals surface area contributed by atoms with Gasteiger partial charge in [0.25, 0.3) is 0 Å². The van der Waals surface area contributed by atoms with Crippen molar-refractivity contribution in [3.63, 3.8) is 0 Å². The van der Waals surface area contributed by atoms with Crippen LogP contribution in [0.2, 0.25) is 0 Å². The number of hydrogen-bond acceptors (Lipinski definition) is 5. The second-order valence-corrected chi connectivity index (χ2v) is 6.72. The lowest BCUT2D eigenvalue weighted by Gasteiger charge is -2.14. The van der Waals surface area contributed by atoms with Gasteiger partial charge in [0.1, 0.15) is 17.1 Å². The number of aryl methyl sites for hydroxylation is 1. The van der Waals surface area contributed by atoms with Crippen molar-refractivity contribution >= 4 is 11.0 Å². The summed E-state index contributed by atoms with van der Waals surface area (Å²) >= 11 is 0. The van der Waals surface area contributed by atoms with Gasteiger partial charge in [-0.3, -0.25) is 4.79 Å². The van der Waals surface area contributed by atoms with Crippen LogP contribution in [-0.2, 0) is 6.42 Å². The van der Waals surface area contributed by atoms with Crippen molar-refractivity contribution in [1.29, 1.82) is 0 Å². The maximum atomic E-state index is 13.3. The van der Waals surface area contributed by atoms with E-state index in [-0.39, 0.29) is 23.9 Å². The number of fused-ring (bicyclic) bond motifs is 2. The predicted molar refractivity (Wildman–Crippen MR) is 99.2 cm³/mol. The third-order valence-corrected chi connectivity index (χ3v) is 4.69. The summed E-state index contributed by atoms with van der Waals surface area (Å²) in [7, 11) is 0. The van der Waals surface area contributed by atoms with Crippen LogP contribution in [0.15, 0.2) is 39.5 Å². The lowest BCUT2D eigenvalue weighted by atomic mass is 9.96. The lowest BCUT2D eigenvalue weighted by molar-refractivity contribution is 0.174. The monoisotopic (exact) mass is 352 g/mol. The molecular formula is C21H20O5. The Morgan fingerprint density at radius 1 is 1.12 bits per heavy atom. The van der Waals surface area contributed by atoms with Crippen molar-refractivity contribution in [1.82, 2.24) is 0 Å². The summed E-state index contributed by atoms with van der Waals surface area (Å²) in [6.07, 6.45) is 0.631. The normalized spacial score (nSPS) is 12.9. The van der Waals surface area contributed by atoms with Gasteiger partial charge in [0.05, 0.1) is 10.9 Å². The molecular weight excluding hydrogens is 332 g/mol. The molecule has 2 heterocycles. The minimum Gasteiger partial charge on any atom is -0.508 e. The molecule has 0 radical (unpaired) electrons. The summed E-state index contributed by atoms with van der Waals surface area (Å²) in [5.74, 6) is 2.03. The van der Waals surface area contributed by atoms with E-state index in [9.17, 15) is 9.90 Å². The molecule has 1 aliphatic heterocycles. The highest BCUT2D eigenvalue weighted by Crippen LogP contribution is 2.38. The van der Waals surface area contributed by atoms with E-state index in [4.69, 9.17) is 13.9 Å². The summed E-state index contributed by atoms with van der Waals surface area (Å²) in [6, 6.07) is 8.72. The van der Waals surface area contributed by atoms with Gasteiger partial charge in [0, 0.05) is 12.0 Å². The van der Waals surface area contributed by atoms with Gasteiger partial charge in [0.15, 0.2) is 11.5 Å². The lowest BCUT2D eigenvalue weighted by Crippen LogP contribution is -2.10.